The number of benzene rings is 1. The minimum atomic E-state index is 0. The molecule has 1 saturated heterocycles. The van der Waals surface area contributed by atoms with Gasteiger partial charge in [0, 0.05) is 43.0 Å². The summed E-state index contributed by atoms with van der Waals surface area (Å²) in [5, 5.41) is 6.12. The molecule has 1 aliphatic heterocycles. The molecule has 2 heterocycles. The van der Waals surface area contributed by atoms with E-state index in [0.29, 0.717) is 6.54 Å². The van der Waals surface area contributed by atoms with Crippen LogP contribution in [0.4, 0.5) is 5.82 Å². The third-order valence-corrected chi connectivity index (χ3v) is 5.71. The molecule has 2 N–H and O–H groups in total. The van der Waals surface area contributed by atoms with Gasteiger partial charge < -0.3 is 15.5 Å². The summed E-state index contributed by atoms with van der Waals surface area (Å²) in [5.74, 6) is 2.04. The lowest BCUT2D eigenvalue weighted by Gasteiger charge is -2.34. The van der Waals surface area contributed by atoms with Crippen LogP contribution in [-0.4, -0.2) is 49.1 Å². The molecule has 1 unspecified atom stereocenters. The van der Waals surface area contributed by atoms with Crippen molar-refractivity contribution in [2.75, 3.05) is 38.1 Å². The second kappa shape index (κ2) is 11.5. The molecule has 1 aliphatic carbocycles. The number of fused-ring (bicyclic) bond motifs is 1. The molecule has 1 aromatic carbocycles. The van der Waals surface area contributed by atoms with Crippen LogP contribution in [0.5, 0.6) is 0 Å². The topological polar surface area (TPSA) is 70.2 Å². The molecule has 1 aromatic heterocycles. The smallest absolute Gasteiger partial charge is 0.224 e. The fourth-order valence-electron chi connectivity index (χ4n) is 4.23. The Morgan fingerprint density at radius 3 is 2.67 bits per heavy atom. The molecule has 2 aliphatic rings. The van der Waals surface area contributed by atoms with Crippen molar-refractivity contribution in [2.45, 2.75) is 32.1 Å². The summed E-state index contributed by atoms with van der Waals surface area (Å²) in [7, 11) is 1.90. The summed E-state index contributed by atoms with van der Waals surface area (Å²) >= 11 is 0. The van der Waals surface area contributed by atoms with Crippen molar-refractivity contribution in [3.8, 4) is 11.4 Å². The van der Waals surface area contributed by atoms with Gasteiger partial charge >= 0.3 is 0 Å². The van der Waals surface area contributed by atoms with Crippen molar-refractivity contribution in [3.63, 3.8) is 0 Å². The van der Waals surface area contributed by atoms with Gasteiger partial charge in [0.25, 0.3) is 0 Å². The van der Waals surface area contributed by atoms with Crippen LogP contribution in [0.25, 0.3) is 11.4 Å². The van der Waals surface area contributed by atoms with Crippen molar-refractivity contribution < 1.29 is 4.79 Å². The van der Waals surface area contributed by atoms with Gasteiger partial charge in [-0.3, -0.25) is 4.79 Å². The highest BCUT2D eigenvalue weighted by Gasteiger charge is 2.30. The molecule has 4 rings (SSSR count). The zero-order chi connectivity index (χ0) is 19.3. The van der Waals surface area contributed by atoms with E-state index in [4.69, 9.17) is 9.97 Å². The lowest BCUT2D eigenvalue weighted by atomic mass is 9.96. The molecule has 1 fully saturated rings. The number of anilines is 1. The number of aromatic nitrogens is 2. The Bertz CT molecular complexity index is 834. The molecule has 0 spiro atoms. The fraction of sp³-hybridized carbons (Fsp3) is 0.500. The van der Waals surface area contributed by atoms with Gasteiger partial charge in [-0.05, 0) is 39.2 Å². The van der Waals surface area contributed by atoms with Crippen molar-refractivity contribution in [2.24, 2.45) is 5.92 Å². The Hall–Kier alpha value is -1.89. The predicted octanol–water partition coefficient (Wildman–Crippen LogP) is 3.03. The highest BCUT2D eigenvalue weighted by atomic mass is 35.5. The lowest BCUT2D eigenvalue weighted by Crippen LogP contribution is -2.44. The Morgan fingerprint density at radius 1 is 1.10 bits per heavy atom. The van der Waals surface area contributed by atoms with Gasteiger partial charge in [0.1, 0.15) is 5.82 Å². The molecule has 8 heteroatoms. The number of likely N-dealkylation sites (N-methyl/N-ethyl adjacent to an activating group) is 1. The van der Waals surface area contributed by atoms with Gasteiger partial charge in [-0.15, -0.1) is 24.8 Å². The van der Waals surface area contributed by atoms with E-state index in [0.717, 1.165) is 68.9 Å². The molecule has 30 heavy (non-hydrogen) atoms. The summed E-state index contributed by atoms with van der Waals surface area (Å²) in [5.41, 5.74) is 3.53. The largest absolute Gasteiger partial charge is 0.355 e. The second-order valence-corrected chi connectivity index (χ2v) is 7.70. The van der Waals surface area contributed by atoms with E-state index in [1.54, 1.807) is 0 Å². The van der Waals surface area contributed by atoms with E-state index in [2.05, 4.69) is 27.7 Å². The van der Waals surface area contributed by atoms with Crippen LogP contribution >= 0.6 is 24.8 Å². The monoisotopic (exact) mass is 451 g/mol. The maximum atomic E-state index is 12.6. The Kier molecular flexibility index (Phi) is 9.34. The first-order valence-corrected chi connectivity index (χ1v) is 10.4. The number of nitrogens with one attached hydrogen (secondary N) is 2. The van der Waals surface area contributed by atoms with Gasteiger partial charge in [-0.25, -0.2) is 9.97 Å². The van der Waals surface area contributed by atoms with E-state index >= 15 is 0 Å². The Balaban J connectivity index is 0.00000160. The van der Waals surface area contributed by atoms with Crippen LogP contribution in [0.1, 0.15) is 30.5 Å². The third-order valence-electron chi connectivity index (χ3n) is 5.71. The third kappa shape index (κ3) is 5.42. The van der Waals surface area contributed by atoms with E-state index in [-0.39, 0.29) is 36.6 Å². The zero-order valence-corrected chi connectivity index (χ0v) is 19.0. The molecular weight excluding hydrogens is 421 g/mol. The standard InChI is InChI=1S/C22H29N5O.2ClH/c1-23-12-13-24-22(28)17-9-6-14-27(15-17)21-18-10-5-11-19(18)25-20(26-21)16-7-3-2-4-8-16;;/h2-4,7-8,17,23H,5-6,9-15H2,1H3,(H,24,28);2*1H. The van der Waals surface area contributed by atoms with E-state index in [1.165, 1.54) is 11.3 Å². The number of carbonyl (C=O) groups is 1. The van der Waals surface area contributed by atoms with Gasteiger partial charge in [-0.1, -0.05) is 30.3 Å². The molecular formula is C22H31Cl2N5O. The predicted molar refractivity (Wildman–Crippen MR) is 126 cm³/mol. The lowest BCUT2D eigenvalue weighted by molar-refractivity contribution is -0.125. The number of rotatable bonds is 6. The summed E-state index contributed by atoms with van der Waals surface area (Å²) in [6.07, 6.45) is 5.16. The van der Waals surface area contributed by atoms with E-state index in [9.17, 15) is 4.79 Å². The van der Waals surface area contributed by atoms with E-state index < -0.39 is 0 Å². The zero-order valence-electron chi connectivity index (χ0n) is 17.4. The summed E-state index contributed by atoms with van der Waals surface area (Å²) in [6.45, 7) is 3.16. The maximum Gasteiger partial charge on any atom is 0.224 e. The van der Waals surface area contributed by atoms with Gasteiger partial charge in [-0.2, -0.15) is 0 Å². The van der Waals surface area contributed by atoms with Gasteiger partial charge in [0.05, 0.1) is 5.92 Å². The highest BCUT2D eigenvalue weighted by Crippen LogP contribution is 2.33. The number of hydrogen-bond acceptors (Lipinski definition) is 5. The Labute approximate surface area is 191 Å². The van der Waals surface area contributed by atoms with Gasteiger partial charge in [0.15, 0.2) is 5.82 Å². The number of piperidine rings is 1. The Morgan fingerprint density at radius 2 is 1.90 bits per heavy atom. The normalized spacial score (nSPS) is 17.5. The van der Waals surface area contributed by atoms with Crippen LogP contribution in [0.2, 0.25) is 0 Å². The molecule has 0 saturated carbocycles. The van der Waals surface area contributed by atoms with Crippen LogP contribution < -0.4 is 15.5 Å². The molecule has 164 valence electrons. The van der Waals surface area contributed by atoms with Crippen molar-refractivity contribution >= 4 is 36.5 Å². The number of nitrogens with zero attached hydrogens (tertiary/aromatic N) is 3. The minimum absolute atomic E-state index is 0. The number of halogens is 2. The number of carbonyl (C=O) groups excluding carboxylic acids is 1. The van der Waals surface area contributed by atoms with Crippen molar-refractivity contribution in [3.05, 3.63) is 41.6 Å². The second-order valence-electron chi connectivity index (χ2n) is 7.70. The molecule has 0 bridgehead atoms. The SMILES string of the molecule is CNCCNC(=O)C1CCCN(c2nc(-c3ccccc3)nc3c2CCC3)C1.Cl.Cl. The summed E-state index contributed by atoms with van der Waals surface area (Å²) in [4.78, 5) is 24.7. The molecule has 6 nitrogen and oxygen atoms in total. The van der Waals surface area contributed by atoms with Crippen molar-refractivity contribution in [1.82, 2.24) is 20.6 Å². The van der Waals surface area contributed by atoms with Crippen LogP contribution in [-0.2, 0) is 17.6 Å². The maximum absolute atomic E-state index is 12.6. The highest BCUT2D eigenvalue weighted by molar-refractivity contribution is 5.85. The number of aryl methyl sites for hydroxylation is 1. The summed E-state index contributed by atoms with van der Waals surface area (Å²) in [6, 6.07) is 10.2. The van der Waals surface area contributed by atoms with Crippen LogP contribution in [0, 0.1) is 5.92 Å². The minimum Gasteiger partial charge on any atom is -0.355 e. The first-order chi connectivity index (χ1) is 13.8. The molecule has 2 aromatic rings. The van der Waals surface area contributed by atoms with E-state index in [1.807, 2.05) is 25.2 Å². The first kappa shape index (κ1) is 24.4. The molecule has 0 radical (unpaired) electrons. The van der Waals surface area contributed by atoms with Crippen LogP contribution in [0.3, 0.4) is 0 Å². The average Bonchev–Trinajstić information content (AvgIpc) is 3.22. The average molecular weight is 452 g/mol. The number of amides is 1. The first-order valence-electron chi connectivity index (χ1n) is 10.4. The fourth-order valence-corrected chi connectivity index (χ4v) is 4.23. The van der Waals surface area contributed by atoms with Gasteiger partial charge in [0.2, 0.25) is 5.91 Å². The quantitative estimate of drug-likeness (QED) is 0.660. The molecule has 1 atom stereocenters. The number of hydrogen-bond donors (Lipinski definition) is 2. The van der Waals surface area contributed by atoms with Crippen molar-refractivity contribution in [1.29, 1.82) is 0 Å². The van der Waals surface area contributed by atoms with Crippen LogP contribution in [0.15, 0.2) is 30.3 Å². The molecule has 1 amide bonds. The summed E-state index contributed by atoms with van der Waals surface area (Å²) < 4.78 is 0.